The van der Waals surface area contributed by atoms with Gasteiger partial charge in [-0.1, -0.05) is 25.1 Å². The Morgan fingerprint density at radius 1 is 1.30 bits per heavy atom. The minimum atomic E-state index is -0.453. The maximum absolute atomic E-state index is 12.9. The molecule has 6 nitrogen and oxygen atoms in total. The first-order valence-electron chi connectivity index (χ1n) is 9.43. The molecule has 2 aromatic rings. The van der Waals surface area contributed by atoms with Gasteiger partial charge in [0.1, 0.15) is 0 Å². The van der Waals surface area contributed by atoms with E-state index in [1.54, 1.807) is 7.11 Å². The van der Waals surface area contributed by atoms with Crippen molar-refractivity contribution in [1.29, 1.82) is 0 Å². The number of aromatic nitrogens is 1. The van der Waals surface area contributed by atoms with Crippen molar-refractivity contribution in [2.45, 2.75) is 32.6 Å². The van der Waals surface area contributed by atoms with Gasteiger partial charge in [-0.05, 0) is 43.2 Å². The number of para-hydroxylation sites is 1. The second-order valence-corrected chi connectivity index (χ2v) is 7.05. The van der Waals surface area contributed by atoms with E-state index in [4.69, 9.17) is 14.5 Å². The van der Waals surface area contributed by atoms with Crippen molar-refractivity contribution in [2.75, 3.05) is 26.9 Å². The van der Waals surface area contributed by atoms with E-state index < -0.39 is 5.97 Å². The molecule has 144 valence electrons. The second-order valence-electron chi connectivity index (χ2n) is 7.05. The number of nitrogens with zero attached hydrogens (tertiary/aromatic N) is 1. The first-order valence-corrected chi connectivity index (χ1v) is 9.43. The van der Waals surface area contributed by atoms with Gasteiger partial charge in [-0.25, -0.2) is 4.79 Å². The number of carbonyl (C=O) groups is 2. The lowest BCUT2D eigenvalue weighted by molar-refractivity contribution is -0.124. The maximum Gasteiger partial charge on any atom is 0.339 e. The van der Waals surface area contributed by atoms with Gasteiger partial charge in [-0.15, -0.1) is 0 Å². The van der Waals surface area contributed by atoms with Crippen molar-refractivity contribution in [1.82, 2.24) is 10.3 Å². The number of hydrogen-bond donors (Lipinski definition) is 1. The average molecular weight is 370 g/mol. The Kier molecular flexibility index (Phi) is 6.40. The maximum atomic E-state index is 12.9. The van der Waals surface area contributed by atoms with E-state index in [9.17, 15) is 9.59 Å². The number of rotatable bonds is 7. The summed E-state index contributed by atoms with van der Waals surface area (Å²) < 4.78 is 10.3. The minimum Gasteiger partial charge on any atom is -0.452 e. The van der Waals surface area contributed by atoms with Crippen molar-refractivity contribution in [3.63, 3.8) is 0 Å². The predicted molar refractivity (Wildman–Crippen MR) is 103 cm³/mol. The molecule has 0 saturated carbocycles. The number of pyridine rings is 1. The molecule has 0 unspecified atom stereocenters. The highest BCUT2D eigenvalue weighted by atomic mass is 16.5. The fourth-order valence-electron chi connectivity index (χ4n) is 3.49. The first kappa shape index (κ1) is 19.3. The Morgan fingerprint density at radius 3 is 2.93 bits per heavy atom. The van der Waals surface area contributed by atoms with Gasteiger partial charge in [0, 0.05) is 31.3 Å². The molecule has 1 N–H and O–H groups in total. The van der Waals surface area contributed by atoms with Crippen LogP contribution < -0.4 is 5.32 Å². The molecule has 0 bridgehead atoms. The lowest BCUT2D eigenvalue weighted by Crippen LogP contribution is -2.30. The fourth-order valence-corrected chi connectivity index (χ4v) is 3.49. The molecule has 0 saturated heterocycles. The van der Waals surface area contributed by atoms with Gasteiger partial charge in [0.25, 0.3) is 5.91 Å². The minimum absolute atomic E-state index is 0.285. The van der Waals surface area contributed by atoms with Gasteiger partial charge in [-0.3, -0.25) is 9.78 Å². The third-order valence-electron chi connectivity index (χ3n) is 4.89. The third-order valence-corrected chi connectivity index (χ3v) is 4.89. The summed E-state index contributed by atoms with van der Waals surface area (Å²) in [6.45, 7) is 2.97. The number of aryl methyl sites for hydroxylation is 1. The zero-order valence-electron chi connectivity index (χ0n) is 15.9. The molecule has 1 aliphatic carbocycles. The Bertz CT molecular complexity index is 834. The van der Waals surface area contributed by atoms with Crippen LogP contribution in [0, 0.1) is 5.92 Å². The molecule has 1 heterocycles. The van der Waals surface area contributed by atoms with Crippen molar-refractivity contribution >= 4 is 22.8 Å². The molecule has 1 aromatic heterocycles. The Morgan fingerprint density at radius 2 is 2.11 bits per heavy atom. The van der Waals surface area contributed by atoms with Crippen LogP contribution in [0.1, 0.15) is 41.4 Å². The SMILES string of the molecule is COCCCNC(=O)COC(=O)c1c2c(nc3ccccc13)CC[C@@H](C)C2. The van der Waals surface area contributed by atoms with Crippen LogP contribution in [0.5, 0.6) is 0 Å². The van der Waals surface area contributed by atoms with Gasteiger partial charge < -0.3 is 14.8 Å². The van der Waals surface area contributed by atoms with E-state index in [0.717, 1.165) is 47.8 Å². The number of ether oxygens (including phenoxy) is 2. The van der Waals surface area contributed by atoms with Crippen LogP contribution >= 0.6 is 0 Å². The Labute approximate surface area is 159 Å². The summed E-state index contributed by atoms with van der Waals surface area (Å²) in [5, 5.41) is 3.51. The van der Waals surface area contributed by atoms with E-state index in [1.165, 1.54) is 0 Å². The molecule has 6 heteroatoms. The van der Waals surface area contributed by atoms with Crippen molar-refractivity contribution in [3.8, 4) is 0 Å². The van der Waals surface area contributed by atoms with E-state index >= 15 is 0 Å². The lowest BCUT2D eigenvalue weighted by Gasteiger charge is -2.24. The van der Waals surface area contributed by atoms with Crippen LogP contribution in [0.4, 0.5) is 0 Å². The highest BCUT2D eigenvalue weighted by molar-refractivity contribution is 6.05. The van der Waals surface area contributed by atoms with E-state index in [-0.39, 0.29) is 12.5 Å². The lowest BCUT2D eigenvalue weighted by atomic mass is 9.84. The van der Waals surface area contributed by atoms with E-state index in [2.05, 4.69) is 12.2 Å². The molecule has 0 spiro atoms. The quantitative estimate of drug-likeness (QED) is 0.599. The van der Waals surface area contributed by atoms with Gasteiger partial charge >= 0.3 is 5.97 Å². The van der Waals surface area contributed by atoms with E-state index in [1.807, 2.05) is 24.3 Å². The topological polar surface area (TPSA) is 77.5 Å². The molecular weight excluding hydrogens is 344 g/mol. The van der Waals surface area contributed by atoms with Crippen LogP contribution in [0.3, 0.4) is 0 Å². The number of methoxy groups -OCH3 is 1. The molecule has 1 aromatic carbocycles. The van der Waals surface area contributed by atoms with Crippen LogP contribution in [0.15, 0.2) is 24.3 Å². The smallest absolute Gasteiger partial charge is 0.339 e. The van der Waals surface area contributed by atoms with Crippen molar-refractivity contribution in [3.05, 3.63) is 41.1 Å². The number of fused-ring (bicyclic) bond motifs is 2. The standard InChI is InChI=1S/C21H26N2O4/c1-14-8-9-18-16(12-14)20(15-6-3-4-7-17(15)23-18)21(25)27-13-19(24)22-10-5-11-26-2/h3-4,6-7,14H,5,8-13H2,1-2H3,(H,22,24)/t14-/m1/s1. The summed E-state index contributed by atoms with van der Waals surface area (Å²) >= 11 is 0. The van der Waals surface area contributed by atoms with Crippen LogP contribution in [-0.2, 0) is 27.1 Å². The molecular formula is C21H26N2O4. The van der Waals surface area contributed by atoms with E-state index in [0.29, 0.717) is 24.6 Å². The third kappa shape index (κ3) is 4.63. The molecule has 0 fully saturated rings. The van der Waals surface area contributed by atoms with Gasteiger partial charge in [-0.2, -0.15) is 0 Å². The van der Waals surface area contributed by atoms with Gasteiger partial charge in [0.15, 0.2) is 6.61 Å². The number of benzene rings is 1. The van der Waals surface area contributed by atoms with Crippen LogP contribution in [-0.4, -0.2) is 43.7 Å². The molecule has 0 aliphatic heterocycles. The number of carbonyl (C=O) groups excluding carboxylic acids is 2. The highest BCUT2D eigenvalue weighted by Crippen LogP contribution is 2.31. The zero-order chi connectivity index (χ0) is 19.2. The monoisotopic (exact) mass is 370 g/mol. The molecule has 1 amide bonds. The number of amides is 1. The predicted octanol–water partition coefficient (Wildman–Crippen LogP) is 2.67. The summed E-state index contributed by atoms with van der Waals surface area (Å²) in [5.74, 6) is -0.262. The van der Waals surface area contributed by atoms with Crippen LogP contribution in [0.2, 0.25) is 0 Å². The zero-order valence-corrected chi connectivity index (χ0v) is 15.9. The van der Waals surface area contributed by atoms with Crippen molar-refractivity contribution < 1.29 is 19.1 Å². The average Bonchev–Trinajstić information content (AvgIpc) is 2.67. The summed E-state index contributed by atoms with van der Waals surface area (Å²) in [4.78, 5) is 29.5. The summed E-state index contributed by atoms with van der Waals surface area (Å²) in [6, 6.07) is 7.61. The first-order chi connectivity index (χ1) is 13.1. The summed E-state index contributed by atoms with van der Waals surface area (Å²) in [5.41, 5.74) is 3.30. The molecule has 3 rings (SSSR count). The number of esters is 1. The largest absolute Gasteiger partial charge is 0.452 e. The number of nitrogens with one attached hydrogen (secondary N) is 1. The summed E-state index contributed by atoms with van der Waals surface area (Å²) in [7, 11) is 1.62. The van der Waals surface area contributed by atoms with Crippen molar-refractivity contribution in [2.24, 2.45) is 5.92 Å². The van der Waals surface area contributed by atoms with Gasteiger partial charge in [0.05, 0.1) is 11.1 Å². The van der Waals surface area contributed by atoms with Gasteiger partial charge in [0.2, 0.25) is 0 Å². The highest BCUT2D eigenvalue weighted by Gasteiger charge is 2.26. The molecule has 27 heavy (non-hydrogen) atoms. The Hall–Kier alpha value is -2.47. The summed E-state index contributed by atoms with van der Waals surface area (Å²) in [6.07, 6.45) is 3.45. The van der Waals surface area contributed by atoms with Crippen LogP contribution in [0.25, 0.3) is 10.9 Å². The number of hydrogen-bond acceptors (Lipinski definition) is 5. The fraction of sp³-hybridized carbons (Fsp3) is 0.476. The normalized spacial score (nSPS) is 16.0. The Balaban J connectivity index is 1.77. The second kappa shape index (κ2) is 8.95. The molecule has 1 atom stereocenters. The molecule has 0 radical (unpaired) electrons. The molecule has 1 aliphatic rings.